The van der Waals surface area contributed by atoms with Crippen LogP contribution in [0.1, 0.15) is 36.1 Å². The van der Waals surface area contributed by atoms with Gasteiger partial charge >= 0.3 is 12.1 Å². The van der Waals surface area contributed by atoms with E-state index >= 15 is 0 Å². The van der Waals surface area contributed by atoms with Crippen molar-refractivity contribution in [2.75, 3.05) is 25.1 Å². The average Bonchev–Trinajstić information content (AvgIpc) is 3.48. The van der Waals surface area contributed by atoms with E-state index in [1.165, 1.54) is 19.2 Å². The first kappa shape index (κ1) is 40.4. The number of benzene rings is 2. The van der Waals surface area contributed by atoms with Crippen molar-refractivity contribution in [3.05, 3.63) is 105 Å². The van der Waals surface area contributed by atoms with Crippen molar-refractivity contribution >= 4 is 17.5 Å². The third-order valence-corrected chi connectivity index (χ3v) is 9.76. The summed E-state index contributed by atoms with van der Waals surface area (Å²) in [6.07, 6.45) is -14.1. The van der Waals surface area contributed by atoms with Gasteiger partial charge in [-0.25, -0.2) is 4.79 Å². The van der Waals surface area contributed by atoms with E-state index in [1.54, 1.807) is 12.1 Å². The van der Waals surface area contributed by atoms with Gasteiger partial charge in [-0.3, -0.25) is 23.9 Å². The maximum atomic E-state index is 13.1. The highest BCUT2D eigenvalue weighted by Crippen LogP contribution is 2.35. The molecule has 56 heavy (non-hydrogen) atoms. The highest BCUT2D eigenvalue weighted by atomic mass is 19.4. The smallest absolute Gasteiger partial charge is 0.456 e. The number of carbonyl (C=O) groups excluding carboxylic acids is 2. The number of carbonyl (C=O) groups is 2. The summed E-state index contributed by atoms with van der Waals surface area (Å²) in [5.41, 5.74) is 6.57. The summed E-state index contributed by atoms with van der Waals surface area (Å²) in [6.45, 7) is 1.48. The number of piperidine rings is 1. The molecule has 2 amide bonds. The first-order chi connectivity index (χ1) is 26.6. The van der Waals surface area contributed by atoms with Gasteiger partial charge in [-0.05, 0) is 60.2 Å². The Balaban J connectivity index is 1.03. The summed E-state index contributed by atoms with van der Waals surface area (Å²) in [4.78, 5) is 53.9. The number of aromatic amines is 1. The van der Waals surface area contributed by atoms with Crippen molar-refractivity contribution in [1.29, 1.82) is 0 Å². The van der Waals surface area contributed by atoms with E-state index in [-0.39, 0.29) is 18.2 Å². The number of methoxy groups -OCH3 is 1. The van der Waals surface area contributed by atoms with Crippen LogP contribution in [0, 0.1) is 0 Å². The number of ether oxygens (including phenoxy) is 5. The molecule has 8 atom stereocenters. The number of halogens is 3. The van der Waals surface area contributed by atoms with Gasteiger partial charge in [0.05, 0.1) is 0 Å². The zero-order valence-electron chi connectivity index (χ0n) is 29.7. The molecule has 0 radical (unpaired) electrons. The Bertz CT molecular complexity index is 2000. The number of hydrogen-bond donors (Lipinski definition) is 6. The van der Waals surface area contributed by atoms with Crippen LogP contribution in [0.3, 0.4) is 0 Å². The fraction of sp³-hybridized carbons (Fsp3) is 0.444. The number of amides is 2. The summed E-state index contributed by atoms with van der Waals surface area (Å²) < 4.78 is 64.6. The molecule has 17 nitrogen and oxygen atoms in total. The van der Waals surface area contributed by atoms with Gasteiger partial charge < -0.3 is 55.0 Å². The largest absolute Gasteiger partial charge is 0.573 e. The van der Waals surface area contributed by atoms with Gasteiger partial charge in [0.25, 0.3) is 11.5 Å². The van der Waals surface area contributed by atoms with Gasteiger partial charge in [-0.15, -0.1) is 13.2 Å². The average molecular weight is 792 g/mol. The SMILES string of the molecule is COC1C(O)[C@H](n2ccc(=O)[nH]c2=O)O[C@@H]1[C@@H](O[C@H]1OC(C(=O)NCc2ccc(N3CCC(c4ccc(OC(F)(F)F)cc4)CC3)cc2)=C[C@H](O)[C@@H]1O)C(N)=O. The fourth-order valence-electron chi connectivity index (χ4n) is 6.89. The molecule has 0 spiro atoms. The number of primary amides is 1. The lowest BCUT2D eigenvalue weighted by molar-refractivity contribution is -0.274. The lowest BCUT2D eigenvalue weighted by Crippen LogP contribution is -2.54. The van der Waals surface area contributed by atoms with Crippen LogP contribution in [-0.2, 0) is 35.1 Å². The number of H-pyrrole nitrogens is 1. The molecular formula is C36H40F3N5O12. The van der Waals surface area contributed by atoms with Crippen LogP contribution in [0.25, 0.3) is 0 Å². The van der Waals surface area contributed by atoms with Crippen LogP contribution < -0.4 is 31.9 Å². The summed E-state index contributed by atoms with van der Waals surface area (Å²) in [6, 6.07) is 14.4. The van der Waals surface area contributed by atoms with Gasteiger partial charge in [0.1, 0.15) is 36.3 Å². The first-order valence-electron chi connectivity index (χ1n) is 17.5. The topological polar surface area (TPSA) is 237 Å². The molecule has 0 bridgehead atoms. The van der Waals surface area contributed by atoms with Gasteiger partial charge in [-0.2, -0.15) is 0 Å². The highest BCUT2D eigenvalue weighted by molar-refractivity contribution is 5.91. The molecule has 2 unspecified atom stereocenters. The number of nitrogens with zero attached hydrogens (tertiary/aromatic N) is 2. The Kier molecular flexibility index (Phi) is 12.2. The molecule has 4 heterocycles. The van der Waals surface area contributed by atoms with E-state index < -0.39 is 84.3 Å². The van der Waals surface area contributed by atoms with Crippen molar-refractivity contribution in [2.45, 2.75) is 80.8 Å². The number of alkyl halides is 3. The monoisotopic (exact) mass is 791 g/mol. The number of nitrogens with one attached hydrogen (secondary N) is 2. The van der Waals surface area contributed by atoms with Crippen molar-refractivity contribution in [3.8, 4) is 5.75 Å². The molecule has 0 aliphatic carbocycles. The van der Waals surface area contributed by atoms with E-state index in [9.17, 15) is 47.7 Å². The molecule has 1 aromatic heterocycles. The molecule has 2 fully saturated rings. The maximum Gasteiger partial charge on any atom is 0.573 e. The molecule has 2 saturated heterocycles. The number of aromatic nitrogens is 2. The van der Waals surface area contributed by atoms with Crippen LogP contribution in [-0.4, -0.2) is 106 Å². The minimum atomic E-state index is -4.75. The lowest BCUT2D eigenvalue weighted by Gasteiger charge is -2.35. The Hall–Kier alpha value is -5.25. The van der Waals surface area contributed by atoms with E-state index in [1.807, 2.05) is 29.2 Å². The molecule has 302 valence electrons. The fourth-order valence-corrected chi connectivity index (χ4v) is 6.89. The second-order valence-electron chi connectivity index (χ2n) is 13.4. The number of aliphatic hydroxyl groups is 3. The zero-order valence-corrected chi connectivity index (χ0v) is 29.7. The highest BCUT2D eigenvalue weighted by Gasteiger charge is 2.52. The number of nitrogens with two attached hydrogens (primary N) is 1. The van der Waals surface area contributed by atoms with Crippen molar-refractivity contribution in [1.82, 2.24) is 14.9 Å². The zero-order chi connectivity index (χ0) is 40.3. The molecule has 0 saturated carbocycles. The van der Waals surface area contributed by atoms with E-state index in [4.69, 9.17) is 24.7 Å². The van der Waals surface area contributed by atoms with Crippen molar-refractivity contribution < 1.29 is 61.8 Å². The van der Waals surface area contributed by atoms with Gasteiger partial charge in [0, 0.05) is 44.7 Å². The van der Waals surface area contributed by atoms with Crippen molar-refractivity contribution in [2.24, 2.45) is 5.73 Å². The molecule has 20 heteroatoms. The summed E-state index contributed by atoms with van der Waals surface area (Å²) in [5.74, 6) is -2.47. The Morgan fingerprint density at radius 2 is 1.70 bits per heavy atom. The molecule has 6 rings (SSSR count). The third kappa shape index (κ3) is 9.23. The summed E-state index contributed by atoms with van der Waals surface area (Å²) in [5, 5.41) is 34.8. The standard InChI is InChI=1S/C36H40F3N5O12/c1-52-28-27(48)33(44-15-12-25(46)42-35(44)51)54-29(28)30(31(40)49)55-34-26(47)23(45)16-24(53-34)32(50)41-17-18-2-6-21(7-3-18)43-13-10-20(11-14-43)19-4-8-22(9-5-19)56-36(37,38)39/h2-9,12,15-16,20,23,26-30,33-34,45,47-48H,10-11,13-14,17H2,1H3,(H2,40,49)(H,41,50)(H,42,46,51)/t23-,26-,27?,28?,29-,30+,33+,34+/m0/s1. The normalized spacial score (nSPS) is 26.2. The predicted octanol–water partition coefficient (Wildman–Crippen LogP) is 0.241. The van der Waals surface area contributed by atoms with Crippen LogP contribution >= 0.6 is 0 Å². The quantitative estimate of drug-likeness (QED) is 0.144. The van der Waals surface area contributed by atoms with Crippen LogP contribution in [0.15, 0.2) is 82.2 Å². The number of aliphatic hydroxyl groups excluding tert-OH is 3. The van der Waals surface area contributed by atoms with Gasteiger partial charge in [0.15, 0.2) is 18.1 Å². The van der Waals surface area contributed by atoms with Crippen molar-refractivity contribution in [3.63, 3.8) is 0 Å². The lowest BCUT2D eigenvalue weighted by atomic mass is 9.89. The summed E-state index contributed by atoms with van der Waals surface area (Å²) in [7, 11) is 1.19. The minimum Gasteiger partial charge on any atom is -0.456 e. The molecule has 3 aliphatic rings. The Labute approximate surface area is 316 Å². The second-order valence-corrected chi connectivity index (χ2v) is 13.4. The number of rotatable bonds is 12. The molecule has 2 aromatic carbocycles. The predicted molar refractivity (Wildman–Crippen MR) is 187 cm³/mol. The Morgan fingerprint density at radius 3 is 2.30 bits per heavy atom. The molecule has 7 N–H and O–H groups in total. The van der Waals surface area contributed by atoms with E-state index in [2.05, 4.69) is 15.0 Å². The van der Waals surface area contributed by atoms with Crippen LogP contribution in [0.5, 0.6) is 5.75 Å². The second kappa shape index (κ2) is 16.9. The number of hydrogen-bond acceptors (Lipinski definition) is 13. The van der Waals surface area contributed by atoms with Gasteiger partial charge in [0.2, 0.25) is 12.2 Å². The maximum absolute atomic E-state index is 13.1. The molecular weight excluding hydrogens is 751 g/mol. The molecule has 3 aromatic rings. The minimum absolute atomic E-state index is 0.0405. The van der Waals surface area contributed by atoms with Gasteiger partial charge in [-0.1, -0.05) is 24.3 Å². The van der Waals surface area contributed by atoms with E-state index in [0.717, 1.165) is 65.7 Å². The molecule has 3 aliphatic heterocycles. The Morgan fingerprint density at radius 1 is 1.02 bits per heavy atom. The summed E-state index contributed by atoms with van der Waals surface area (Å²) >= 11 is 0. The number of anilines is 1. The van der Waals surface area contributed by atoms with E-state index in [0.29, 0.717) is 0 Å². The first-order valence-corrected chi connectivity index (χ1v) is 17.5. The van der Waals surface area contributed by atoms with Crippen LogP contribution in [0.4, 0.5) is 18.9 Å². The van der Waals surface area contributed by atoms with Crippen LogP contribution in [0.2, 0.25) is 0 Å². The third-order valence-electron chi connectivity index (χ3n) is 9.76.